The van der Waals surface area contributed by atoms with Crippen LogP contribution < -0.4 is 0 Å². The first-order chi connectivity index (χ1) is 15.1. The standard InChI is InChI=1S/C25H29FN2O4/c1-14(2)23-21(10-9-19(29)12-20(30)13-22(31)32)24(17-5-7-18(26)8-6-17)27-28-16(4)11-15(3)25(23)28/h5-11,14,19-20,29-30H,12-13H2,1-4H3,(H,31,32)/b10-9+. The molecule has 0 saturated heterocycles. The summed E-state index contributed by atoms with van der Waals surface area (Å²) in [5.74, 6) is -1.34. The molecule has 0 spiro atoms. The normalized spacial score (nSPS) is 13.9. The van der Waals surface area contributed by atoms with Gasteiger partial charge in [0.15, 0.2) is 0 Å². The summed E-state index contributed by atoms with van der Waals surface area (Å²) in [6, 6.07) is 8.17. The van der Waals surface area contributed by atoms with Gasteiger partial charge in [0.25, 0.3) is 0 Å². The van der Waals surface area contributed by atoms with E-state index in [-0.39, 0.29) is 18.2 Å². The lowest BCUT2D eigenvalue weighted by Gasteiger charge is -2.19. The van der Waals surface area contributed by atoms with E-state index in [1.165, 1.54) is 12.1 Å². The summed E-state index contributed by atoms with van der Waals surface area (Å²) >= 11 is 0. The van der Waals surface area contributed by atoms with Crippen molar-refractivity contribution in [1.29, 1.82) is 0 Å². The van der Waals surface area contributed by atoms with E-state index < -0.39 is 24.6 Å². The van der Waals surface area contributed by atoms with E-state index in [4.69, 9.17) is 10.2 Å². The van der Waals surface area contributed by atoms with Gasteiger partial charge in [-0.15, -0.1) is 0 Å². The van der Waals surface area contributed by atoms with Crippen LogP contribution in [0.2, 0.25) is 0 Å². The monoisotopic (exact) mass is 440 g/mol. The number of hydrogen-bond donors (Lipinski definition) is 3. The summed E-state index contributed by atoms with van der Waals surface area (Å²) in [6.45, 7) is 8.17. The Kier molecular flexibility index (Phi) is 7.11. The minimum atomic E-state index is -1.15. The number of aryl methyl sites for hydroxylation is 2. The number of aliphatic hydroxyl groups excluding tert-OH is 2. The molecule has 32 heavy (non-hydrogen) atoms. The average molecular weight is 441 g/mol. The first kappa shape index (κ1) is 23.6. The molecule has 3 rings (SSSR count). The van der Waals surface area contributed by atoms with Crippen molar-refractivity contribution in [3.8, 4) is 11.3 Å². The second-order valence-electron chi connectivity index (χ2n) is 8.48. The fourth-order valence-corrected chi connectivity index (χ4v) is 4.07. The Morgan fingerprint density at radius 2 is 1.84 bits per heavy atom. The number of aromatic nitrogens is 2. The molecule has 0 amide bonds. The van der Waals surface area contributed by atoms with Gasteiger partial charge in [-0.2, -0.15) is 5.10 Å². The lowest BCUT2D eigenvalue weighted by atomic mass is 9.92. The Bertz CT molecular complexity index is 1150. The zero-order valence-corrected chi connectivity index (χ0v) is 18.7. The van der Waals surface area contributed by atoms with Crippen molar-refractivity contribution in [2.45, 2.75) is 58.7 Å². The third-order valence-corrected chi connectivity index (χ3v) is 5.45. The van der Waals surface area contributed by atoms with Crippen LogP contribution in [-0.4, -0.2) is 43.1 Å². The zero-order chi connectivity index (χ0) is 23.6. The van der Waals surface area contributed by atoms with Crippen molar-refractivity contribution in [3.63, 3.8) is 0 Å². The van der Waals surface area contributed by atoms with E-state index in [2.05, 4.69) is 19.9 Å². The molecular formula is C25H29FN2O4. The maximum absolute atomic E-state index is 13.6. The molecule has 3 N–H and O–H groups in total. The highest BCUT2D eigenvalue weighted by atomic mass is 19.1. The first-order valence-electron chi connectivity index (χ1n) is 10.6. The van der Waals surface area contributed by atoms with E-state index in [0.29, 0.717) is 5.69 Å². The minimum absolute atomic E-state index is 0.0926. The SMILES string of the molecule is Cc1cc(C)n2nc(-c3ccc(F)cc3)c(/C=C/C(O)CC(O)CC(=O)O)c(C(C)C)c12. The number of carboxylic acid groups (broad SMARTS) is 1. The largest absolute Gasteiger partial charge is 0.481 e. The van der Waals surface area contributed by atoms with Gasteiger partial charge in [-0.25, -0.2) is 8.91 Å². The number of fused-ring (bicyclic) bond motifs is 1. The summed E-state index contributed by atoms with van der Waals surface area (Å²) in [7, 11) is 0. The van der Waals surface area contributed by atoms with Gasteiger partial charge in [0.1, 0.15) is 5.82 Å². The molecule has 0 aliphatic rings. The summed E-state index contributed by atoms with van der Waals surface area (Å²) < 4.78 is 15.5. The van der Waals surface area contributed by atoms with Gasteiger partial charge in [-0.05, 0) is 61.2 Å². The van der Waals surface area contributed by atoms with Crippen molar-refractivity contribution in [1.82, 2.24) is 9.61 Å². The van der Waals surface area contributed by atoms with Gasteiger partial charge < -0.3 is 15.3 Å². The number of benzene rings is 1. The smallest absolute Gasteiger partial charge is 0.305 e. The molecule has 2 atom stereocenters. The molecule has 170 valence electrons. The van der Waals surface area contributed by atoms with Crippen LogP contribution in [0.1, 0.15) is 55.0 Å². The Hall–Kier alpha value is -3.03. The molecule has 2 aromatic heterocycles. The molecule has 0 saturated carbocycles. The van der Waals surface area contributed by atoms with Crippen LogP contribution in [0.5, 0.6) is 0 Å². The highest BCUT2D eigenvalue weighted by Crippen LogP contribution is 2.35. The van der Waals surface area contributed by atoms with Gasteiger partial charge in [0, 0.05) is 23.2 Å². The van der Waals surface area contributed by atoms with Crippen molar-refractivity contribution in [3.05, 3.63) is 64.6 Å². The van der Waals surface area contributed by atoms with E-state index in [9.17, 15) is 19.4 Å². The van der Waals surface area contributed by atoms with Crippen molar-refractivity contribution < 1.29 is 24.5 Å². The number of hydrogen-bond acceptors (Lipinski definition) is 4. The van der Waals surface area contributed by atoms with Crippen LogP contribution in [-0.2, 0) is 4.79 Å². The molecule has 6 nitrogen and oxygen atoms in total. The Morgan fingerprint density at radius 1 is 1.19 bits per heavy atom. The Balaban J connectivity index is 2.16. The lowest BCUT2D eigenvalue weighted by molar-refractivity contribution is -0.139. The quantitative estimate of drug-likeness (QED) is 0.480. The Morgan fingerprint density at radius 3 is 2.44 bits per heavy atom. The van der Waals surface area contributed by atoms with Crippen LogP contribution in [0.3, 0.4) is 0 Å². The highest BCUT2D eigenvalue weighted by molar-refractivity contribution is 5.81. The zero-order valence-electron chi connectivity index (χ0n) is 18.7. The predicted octanol–water partition coefficient (Wildman–Crippen LogP) is 4.48. The third-order valence-electron chi connectivity index (χ3n) is 5.45. The van der Waals surface area contributed by atoms with Gasteiger partial charge in [0.05, 0.1) is 29.8 Å². The van der Waals surface area contributed by atoms with E-state index in [1.54, 1.807) is 24.3 Å². The molecule has 1 aromatic carbocycles. The van der Waals surface area contributed by atoms with Crippen LogP contribution >= 0.6 is 0 Å². The topological polar surface area (TPSA) is 95.1 Å². The highest BCUT2D eigenvalue weighted by Gasteiger charge is 2.21. The van der Waals surface area contributed by atoms with Gasteiger partial charge in [-0.1, -0.05) is 26.0 Å². The fraction of sp³-hybridized carbons (Fsp3) is 0.360. The molecule has 3 aromatic rings. The number of carboxylic acids is 1. The minimum Gasteiger partial charge on any atom is -0.481 e. The lowest BCUT2D eigenvalue weighted by Crippen LogP contribution is -2.19. The molecule has 2 heterocycles. The molecule has 0 fully saturated rings. The number of aliphatic hydroxyl groups is 2. The molecule has 2 unspecified atom stereocenters. The van der Waals surface area contributed by atoms with Gasteiger partial charge >= 0.3 is 5.97 Å². The summed E-state index contributed by atoms with van der Waals surface area (Å²) in [5.41, 5.74) is 6.27. The van der Waals surface area contributed by atoms with Crippen LogP contribution in [0, 0.1) is 19.7 Å². The Labute approximate surface area is 186 Å². The van der Waals surface area contributed by atoms with E-state index >= 15 is 0 Å². The van der Waals surface area contributed by atoms with Crippen LogP contribution in [0.25, 0.3) is 22.9 Å². The molecule has 7 heteroatoms. The number of nitrogens with zero attached hydrogens (tertiary/aromatic N) is 2. The molecule has 0 bridgehead atoms. The summed E-state index contributed by atoms with van der Waals surface area (Å²) in [5, 5.41) is 33.9. The van der Waals surface area contributed by atoms with Gasteiger partial charge in [0.2, 0.25) is 0 Å². The van der Waals surface area contributed by atoms with Crippen molar-refractivity contribution in [2.24, 2.45) is 0 Å². The molecule has 0 aliphatic carbocycles. The molecule has 0 radical (unpaired) electrons. The number of halogens is 1. The number of rotatable bonds is 8. The molecule has 0 aliphatic heterocycles. The molecular weight excluding hydrogens is 411 g/mol. The second kappa shape index (κ2) is 9.63. The maximum atomic E-state index is 13.6. The summed E-state index contributed by atoms with van der Waals surface area (Å²) in [6.07, 6.45) is 0.605. The van der Waals surface area contributed by atoms with Gasteiger partial charge in [-0.3, -0.25) is 4.79 Å². The van der Waals surface area contributed by atoms with E-state index in [1.807, 2.05) is 18.4 Å². The predicted molar refractivity (Wildman–Crippen MR) is 122 cm³/mol. The van der Waals surface area contributed by atoms with Crippen molar-refractivity contribution in [2.75, 3.05) is 0 Å². The third kappa shape index (κ3) is 5.06. The fourth-order valence-electron chi connectivity index (χ4n) is 4.07. The van der Waals surface area contributed by atoms with Crippen LogP contribution in [0.15, 0.2) is 36.4 Å². The van der Waals surface area contributed by atoms with Crippen LogP contribution in [0.4, 0.5) is 4.39 Å². The summed E-state index contributed by atoms with van der Waals surface area (Å²) in [4.78, 5) is 10.8. The van der Waals surface area contributed by atoms with Crippen molar-refractivity contribution >= 4 is 17.6 Å². The first-order valence-corrected chi connectivity index (χ1v) is 10.6. The number of carbonyl (C=O) groups is 1. The second-order valence-corrected chi connectivity index (χ2v) is 8.48. The number of aliphatic carboxylic acids is 1. The maximum Gasteiger partial charge on any atom is 0.305 e. The average Bonchev–Trinajstić information content (AvgIpc) is 2.98. The van der Waals surface area contributed by atoms with E-state index in [0.717, 1.165) is 33.5 Å².